The highest BCUT2D eigenvalue weighted by Crippen LogP contribution is 2.39. The van der Waals surface area contributed by atoms with Crippen LogP contribution in [0.15, 0.2) is 10.8 Å². The minimum absolute atomic E-state index is 0.0299. The number of anilines is 1. The van der Waals surface area contributed by atoms with Gasteiger partial charge in [-0.15, -0.1) is 10.2 Å². The summed E-state index contributed by atoms with van der Waals surface area (Å²) in [5.74, 6) is 0.288. The third-order valence-electron chi connectivity index (χ3n) is 4.28. The summed E-state index contributed by atoms with van der Waals surface area (Å²) in [6, 6.07) is -0.943. The molecule has 2 saturated heterocycles. The Kier molecular flexibility index (Phi) is 4.63. The van der Waals surface area contributed by atoms with Crippen molar-refractivity contribution in [2.45, 2.75) is 69.9 Å². The summed E-state index contributed by atoms with van der Waals surface area (Å²) in [6.07, 6.45) is 1.79. The summed E-state index contributed by atoms with van der Waals surface area (Å²) < 4.78 is 20.9. The Morgan fingerprint density at radius 2 is 2.17 bits per heavy atom. The van der Waals surface area contributed by atoms with Crippen molar-refractivity contribution in [3.63, 3.8) is 0 Å². The summed E-state index contributed by atoms with van der Waals surface area (Å²) in [5.41, 5.74) is -0.589. The SMILES string of the molecule is CC(C)(C)OC(=O)N1[C@@H]2CC[C@H]1C(F)[C@H](Nc1ncc(Br)nn1)C2. The van der Waals surface area contributed by atoms with E-state index in [1.165, 1.54) is 6.20 Å². The summed E-state index contributed by atoms with van der Waals surface area (Å²) >= 11 is 3.16. The molecule has 7 nitrogen and oxygen atoms in total. The lowest BCUT2D eigenvalue weighted by Gasteiger charge is -2.41. The first kappa shape index (κ1) is 17.3. The quantitative estimate of drug-likeness (QED) is 0.820. The van der Waals surface area contributed by atoms with Gasteiger partial charge in [0.25, 0.3) is 0 Å². The number of piperidine rings is 1. The molecule has 2 bridgehead atoms. The Morgan fingerprint density at radius 3 is 2.79 bits per heavy atom. The van der Waals surface area contributed by atoms with Crippen LogP contribution in [-0.4, -0.2) is 56.1 Å². The Balaban J connectivity index is 1.70. The third kappa shape index (κ3) is 3.60. The molecule has 1 amide bonds. The smallest absolute Gasteiger partial charge is 0.410 e. The van der Waals surface area contributed by atoms with Gasteiger partial charge in [-0.3, -0.25) is 4.90 Å². The van der Waals surface area contributed by atoms with Gasteiger partial charge in [0.1, 0.15) is 16.4 Å². The molecule has 24 heavy (non-hydrogen) atoms. The molecular formula is C15H21BrFN5O2. The normalized spacial score (nSPS) is 29.5. The van der Waals surface area contributed by atoms with Gasteiger partial charge in [0, 0.05) is 6.04 Å². The fourth-order valence-corrected chi connectivity index (χ4v) is 3.56. The highest BCUT2D eigenvalue weighted by molar-refractivity contribution is 9.10. The van der Waals surface area contributed by atoms with E-state index in [1.54, 1.807) is 4.90 Å². The molecule has 2 aliphatic rings. The second kappa shape index (κ2) is 6.42. The third-order valence-corrected chi connectivity index (χ3v) is 4.64. The Bertz CT molecular complexity index is 609. The van der Waals surface area contributed by atoms with Gasteiger partial charge in [0.05, 0.1) is 18.3 Å². The number of hydrogen-bond donors (Lipinski definition) is 1. The van der Waals surface area contributed by atoms with Crippen LogP contribution in [0.2, 0.25) is 0 Å². The number of nitrogens with zero attached hydrogens (tertiary/aromatic N) is 4. The van der Waals surface area contributed by atoms with Crippen molar-refractivity contribution < 1.29 is 13.9 Å². The fraction of sp³-hybridized carbons (Fsp3) is 0.733. The van der Waals surface area contributed by atoms with E-state index in [-0.39, 0.29) is 12.0 Å². The second-order valence-corrected chi connectivity index (χ2v) is 8.03. The molecule has 2 fully saturated rings. The standard InChI is InChI=1S/C15H21BrFN5O2/c1-15(2,3)24-14(23)22-8-4-5-10(22)12(17)9(6-8)19-13-18-7-11(16)20-21-13/h7-10,12H,4-6H2,1-3H3,(H,18,19,21)/t8-,9-,10+,12?/m1/s1. The van der Waals surface area contributed by atoms with Crippen molar-refractivity contribution in [2.24, 2.45) is 0 Å². The number of halogens is 2. The van der Waals surface area contributed by atoms with E-state index in [9.17, 15) is 9.18 Å². The van der Waals surface area contributed by atoms with Crippen LogP contribution in [0.5, 0.6) is 0 Å². The van der Waals surface area contributed by atoms with Crippen molar-refractivity contribution in [3.05, 3.63) is 10.8 Å². The van der Waals surface area contributed by atoms with Crippen LogP contribution in [0.3, 0.4) is 0 Å². The predicted molar refractivity (Wildman–Crippen MR) is 89.3 cm³/mol. The van der Waals surface area contributed by atoms with Crippen LogP contribution < -0.4 is 5.32 Å². The number of alkyl halides is 1. The molecule has 0 aromatic carbocycles. The lowest BCUT2D eigenvalue weighted by molar-refractivity contribution is -0.00836. The predicted octanol–water partition coefficient (Wildman–Crippen LogP) is 2.92. The van der Waals surface area contributed by atoms with Crippen LogP contribution in [0.25, 0.3) is 0 Å². The lowest BCUT2D eigenvalue weighted by Crippen LogP contribution is -2.57. The molecule has 9 heteroatoms. The van der Waals surface area contributed by atoms with E-state index in [1.807, 2.05) is 20.8 Å². The summed E-state index contributed by atoms with van der Waals surface area (Å²) in [4.78, 5) is 18.1. The number of carbonyl (C=O) groups is 1. The minimum atomic E-state index is -1.21. The van der Waals surface area contributed by atoms with Crippen molar-refractivity contribution >= 4 is 28.0 Å². The maximum absolute atomic E-state index is 15.0. The van der Waals surface area contributed by atoms with Gasteiger partial charge in [-0.1, -0.05) is 0 Å². The van der Waals surface area contributed by atoms with Crippen LogP contribution >= 0.6 is 15.9 Å². The molecule has 0 saturated carbocycles. The summed E-state index contributed by atoms with van der Waals surface area (Å²) in [7, 11) is 0. The largest absolute Gasteiger partial charge is 0.444 e. The van der Waals surface area contributed by atoms with Gasteiger partial charge in [0.2, 0.25) is 5.95 Å². The topological polar surface area (TPSA) is 80.2 Å². The zero-order chi connectivity index (χ0) is 17.5. The Labute approximate surface area is 148 Å². The number of nitrogens with one attached hydrogen (secondary N) is 1. The zero-order valence-electron chi connectivity index (χ0n) is 13.9. The summed E-state index contributed by atoms with van der Waals surface area (Å²) in [5, 5.41) is 10.7. The maximum atomic E-state index is 15.0. The van der Waals surface area contributed by atoms with E-state index in [4.69, 9.17) is 4.74 Å². The number of aromatic nitrogens is 3. The molecule has 132 valence electrons. The molecule has 1 aromatic rings. The first-order chi connectivity index (χ1) is 11.2. The van der Waals surface area contributed by atoms with E-state index < -0.39 is 29.9 Å². The monoisotopic (exact) mass is 401 g/mol. The second-order valence-electron chi connectivity index (χ2n) is 7.22. The average Bonchev–Trinajstić information content (AvgIpc) is 2.83. The van der Waals surface area contributed by atoms with Crippen LogP contribution in [0.4, 0.5) is 15.1 Å². The molecule has 3 rings (SSSR count). The number of hydrogen-bond acceptors (Lipinski definition) is 6. The van der Waals surface area contributed by atoms with Gasteiger partial charge in [-0.25, -0.2) is 14.2 Å². The molecule has 0 radical (unpaired) electrons. The lowest BCUT2D eigenvalue weighted by atomic mass is 9.96. The number of rotatable bonds is 2. The number of fused-ring (bicyclic) bond motifs is 2. The molecular weight excluding hydrogens is 381 g/mol. The molecule has 0 aliphatic carbocycles. The Hall–Kier alpha value is -1.51. The van der Waals surface area contributed by atoms with Crippen LogP contribution in [-0.2, 0) is 4.74 Å². The zero-order valence-corrected chi connectivity index (χ0v) is 15.5. The maximum Gasteiger partial charge on any atom is 0.410 e. The molecule has 1 N–H and O–H groups in total. The van der Waals surface area contributed by atoms with Gasteiger partial charge < -0.3 is 10.1 Å². The van der Waals surface area contributed by atoms with E-state index in [2.05, 4.69) is 36.4 Å². The van der Waals surface area contributed by atoms with Crippen LogP contribution in [0.1, 0.15) is 40.0 Å². The minimum Gasteiger partial charge on any atom is -0.444 e. The number of ether oxygens (including phenoxy) is 1. The summed E-state index contributed by atoms with van der Waals surface area (Å²) in [6.45, 7) is 5.43. The number of amides is 1. The van der Waals surface area contributed by atoms with Crippen molar-refractivity contribution in [1.29, 1.82) is 0 Å². The molecule has 3 heterocycles. The fourth-order valence-electron chi connectivity index (χ4n) is 3.38. The van der Waals surface area contributed by atoms with E-state index in [0.29, 0.717) is 17.4 Å². The van der Waals surface area contributed by atoms with Crippen molar-refractivity contribution in [3.8, 4) is 0 Å². The first-order valence-corrected chi connectivity index (χ1v) is 8.81. The van der Waals surface area contributed by atoms with Crippen molar-refractivity contribution in [1.82, 2.24) is 20.1 Å². The van der Waals surface area contributed by atoms with Gasteiger partial charge in [-0.2, -0.15) is 0 Å². The molecule has 2 aliphatic heterocycles. The van der Waals surface area contributed by atoms with E-state index in [0.717, 1.165) is 6.42 Å². The molecule has 1 aromatic heterocycles. The Morgan fingerprint density at radius 1 is 1.42 bits per heavy atom. The van der Waals surface area contributed by atoms with Gasteiger partial charge in [-0.05, 0) is 56.0 Å². The molecule has 4 atom stereocenters. The van der Waals surface area contributed by atoms with Gasteiger partial charge in [0.15, 0.2) is 0 Å². The van der Waals surface area contributed by atoms with Crippen molar-refractivity contribution in [2.75, 3.05) is 5.32 Å². The average molecular weight is 402 g/mol. The highest BCUT2D eigenvalue weighted by Gasteiger charge is 2.51. The number of carbonyl (C=O) groups excluding carboxylic acids is 1. The first-order valence-electron chi connectivity index (χ1n) is 8.02. The molecule has 0 spiro atoms. The molecule has 1 unspecified atom stereocenters. The van der Waals surface area contributed by atoms with Gasteiger partial charge >= 0.3 is 6.09 Å². The van der Waals surface area contributed by atoms with Crippen LogP contribution in [0, 0.1) is 0 Å². The van der Waals surface area contributed by atoms with E-state index >= 15 is 0 Å². The highest BCUT2D eigenvalue weighted by atomic mass is 79.9.